The zero-order valence-electron chi connectivity index (χ0n) is 18.6. The minimum atomic E-state index is -1.39. The summed E-state index contributed by atoms with van der Waals surface area (Å²) < 4.78 is 7.14. The van der Waals surface area contributed by atoms with Crippen molar-refractivity contribution in [3.63, 3.8) is 0 Å². The van der Waals surface area contributed by atoms with Crippen LogP contribution in [0.25, 0.3) is 10.9 Å². The zero-order valence-corrected chi connectivity index (χ0v) is 20.9. The number of nitro benzene ring substituents is 1. The van der Waals surface area contributed by atoms with Gasteiger partial charge in [-0.05, 0) is 31.2 Å². The lowest BCUT2D eigenvalue weighted by molar-refractivity contribution is -0.386. The number of nitro groups is 1. The topological polar surface area (TPSA) is 137 Å². The number of nitrogens with zero attached hydrogens (tertiary/aromatic N) is 4. The van der Waals surface area contributed by atoms with Gasteiger partial charge in [-0.3, -0.25) is 14.9 Å². The number of hydrogen-bond acceptors (Lipinski definition) is 7. The Labute approximate surface area is 207 Å². The van der Waals surface area contributed by atoms with E-state index in [-0.39, 0.29) is 16.3 Å². The quantitative estimate of drug-likeness (QED) is 0.265. The zero-order chi connectivity index (χ0) is 25.4. The molecule has 0 fully saturated rings. The fraction of sp³-hybridized carbons (Fsp3) is 0.273. The van der Waals surface area contributed by atoms with Crippen molar-refractivity contribution < 1.29 is 19.6 Å². The van der Waals surface area contributed by atoms with E-state index >= 15 is 0 Å². The molecule has 0 aliphatic rings. The third kappa shape index (κ3) is 5.26. The summed E-state index contributed by atoms with van der Waals surface area (Å²) in [6.45, 7) is 6.81. The Morgan fingerprint density at radius 2 is 2.03 bits per heavy atom. The molecule has 1 aromatic heterocycles. The molecule has 0 saturated carbocycles. The number of ether oxygens (including phenoxy) is 1. The van der Waals surface area contributed by atoms with Crippen molar-refractivity contribution in [1.29, 1.82) is 0 Å². The number of carboxylic acid groups (broad SMARTS) is 1. The van der Waals surface area contributed by atoms with Gasteiger partial charge in [0.2, 0.25) is 5.75 Å². The fourth-order valence-corrected chi connectivity index (χ4v) is 3.63. The molecule has 12 heteroatoms. The summed E-state index contributed by atoms with van der Waals surface area (Å²) in [6.07, 6.45) is -0.232. The molecule has 10 nitrogen and oxygen atoms in total. The van der Waals surface area contributed by atoms with Crippen molar-refractivity contribution in [3.05, 3.63) is 71.7 Å². The van der Waals surface area contributed by atoms with Gasteiger partial charge >= 0.3 is 11.7 Å². The van der Waals surface area contributed by atoms with Gasteiger partial charge in [-0.25, -0.2) is 9.78 Å². The van der Waals surface area contributed by atoms with Crippen molar-refractivity contribution >= 4 is 56.3 Å². The molecular formula is C22H20BrClN4O6. The molecule has 3 aromatic rings. The second-order valence-corrected chi connectivity index (χ2v) is 9.76. The van der Waals surface area contributed by atoms with Crippen molar-refractivity contribution in [1.82, 2.24) is 9.66 Å². The number of halogens is 2. The summed E-state index contributed by atoms with van der Waals surface area (Å²) >= 11 is 9.39. The van der Waals surface area contributed by atoms with Gasteiger partial charge in [-0.15, -0.1) is 0 Å². The normalized spacial score (nSPS) is 12.8. The number of benzene rings is 2. The SMILES string of the molecule is C[C@@H](Oc1c(C=Nn2c(C(C)(C)C)nc3ccc(Br)cc3c2=O)cc(Cl)cc1[N+](=O)[O-])C(=O)O. The van der Waals surface area contributed by atoms with E-state index in [2.05, 4.69) is 26.0 Å². The molecule has 0 spiro atoms. The van der Waals surface area contributed by atoms with E-state index in [9.17, 15) is 24.8 Å². The highest BCUT2D eigenvalue weighted by atomic mass is 79.9. The summed E-state index contributed by atoms with van der Waals surface area (Å²) in [6, 6.07) is 7.48. The molecule has 178 valence electrons. The van der Waals surface area contributed by atoms with Gasteiger partial charge in [0.05, 0.1) is 22.0 Å². The molecule has 2 aromatic carbocycles. The Morgan fingerprint density at radius 3 is 2.62 bits per heavy atom. The highest BCUT2D eigenvalue weighted by Gasteiger charge is 2.26. The van der Waals surface area contributed by atoms with E-state index in [4.69, 9.17) is 16.3 Å². The van der Waals surface area contributed by atoms with E-state index in [1.807, 2.05) is 20.8 Å². The van der Waals surface area contributed by atoms with Crippen LogP contribution in [-0.2, 0) is 10.2 Å². The van der Waals surface area contributed by atoms with E-state index in [1.54, 1.807) is 18.2 Å². The Hall–Kier alpha value is -3.31. The summed E-state index contributed by atoms with van der Waals surface area (Å²) in [7, 11) is 0. The number of aromatic nitrogens is 2. The predicted molar refractivity (Wildman–Crippen MR) is 131 cm³/mol. The Kier molecular flexibility index (Phi) is 7.08. The number of fused-ring (bicyclic) bond motifs is 1. The number of aliphatic carboxylic acids is 1. The predicted octanol–water partition coefficient (Wildman–Crippen LogP) is 4.75. The first-order valence-corrected chi connectivity index (χ1v) is 11.1. The second-order valence-electron chi connectivity index (χ2n) is 8.41. The van der Waals surface area contributed by atoms with Crippen molar-refractivity contribution in [2.24, 2.45) is 5.10 Å². The molecule has 0 radical (unpaired) electrons. The summed E-state index contributed by atoms with van der Waals surface area (Å²) in [5.41, 5.74) is -1.07. The van der Waals surface area contributed by atoms with Crippen molar-refractivity contribution in [2.45, 2.75) is 39.2 Å². The standard InChI is InChI=1S/C22H20BrClN4O6/c1-11(20(30)31)34-18-12(7-14(24)9-17(18)28(32)33)10-25-27-19(29)15-8-13(23)5-6-16(15)26-21(27)22(2,3)4/h5-11H,1-4H3,(H,30,31)/t11-/m1/s1. The average molecular weight is 552 g/mol. The number of carbonyl (C=O) groups is 1. The monoisotopic (exact) mass is 550 g/mol. The first-order valence-electron chi connectivity index (χ1n) is 9.94. The minimum absolute atomic E-state index is 0.00689. The largest absolute Gasteiger partial charge is 0.479 e. The van der Waals surface area contributed by atoms with E-state index < -0.39 is 33.7 Å². The Morgan fingerprint density at radius 1 is 1.35 bits per heavy atom. The smallest absolute Gasteiger partial charge is 0.344 e. The summed E-state index contributed by atoms with van der Waals surface area (Å²) in [4.78, 5) is 40.0. The molecule has 0 amide bonds. The Bertz CT molecular complexity index is 1400. The molecule has 0 aliphatic carbocycles. The fourth-order valence-electron chi connectivity index (χ4n) is 3.05. The van der Waals surface area contributed by atoms with Crippen molar-refractivity contribution in [2.75, 3.05) is 0 Å². The highest BCUT2D eigenvalue weighted by molar-refractivity contribution is 9.10. The lowest BCUT2D eigenvalue weighted by atomic mass is 9.95. The van der Waals surface area contributed by atoms with E-state index in [0.29, 0.717) is 21.2 Å². The van der Waals surface area contributed by atoms with Crippen LogP contribution in [0.15, 0.2) is 44.7 Å². The summed E-state index contributed by atoms with van der Waals surface area (Å²) in [5.74, 6) is -1.31. The molecule has 1 N–H and O–H groups in total. The summed E-state index contributed by atoms with van der Waals surface area (Å²) in [5, 5.41) is 25.4. The van der Waals surface area contributed by atoms with Gasteiger partial charge in [0.1, 0.15) is 5.82 Å². The van der Waals surface area contributed by atoms with Crippen LogP contribution in [0.4, 0.5) is 5.69 Å². The van der Waals surface area contributed by atoms with Crippen molar-refractivity contribution in [3.8, 4) is 5.75 Å². The Balaban J connectivity index is 2.27. The maximum absolute atomic E-state index is 13.3. The molecule has 0 aliphatic heterocycles. The molecule has 1 atom stereocenters. The van der Waals surface area contributed by atoms with E-state index in [0.717, 1.165) is 17.0 Å². The molecule has 3 rings (SSSR count). The van der Waals surface area contributed by atoms with Crippen LogP contribution < -0.4 is 10.3 Å². The van der Waals surface area contributed by atoms with Crippen LogP contribution in [0, 0.1) is 10.1 Å². The molecule has 34 heavy (non-hydrogen) atoms. The minimum Gasteiger partial charge on any atom is -0.479 e. The molecule has 0 saturated heterocycles. The first-order chi connectivity index (χ1) is 15.8. The van der Waals surface area contributed by atoms with Crippen LogP contribution in [0.5, 0.6) is 5.75 Å². The van der Waals surface area contributed by atoms with E-state index in [1.165, 1.54) is 13.0 Å². The van der Waals surface area contributed by atoms with Crippen LogP contribution in [0.2, 0.25) is 5.02 Å². The van der Waals surface area contributed by atoms with Crippen LogP contribution in [0.3, 0.4) is 0 Å². The first kappa shape index (κ1) is 25.3. The van der Waals surface area contributed by atoms with Crippen LogP contribution >= 0.6 is 27.5 Å². The van der Waals surface area contributed by atoms with Crippen LogP contribution in [-0.4, -0.2) is 38.0 Å². The second kappa shape index (κ2) is 9.51. The molecule has 0 bridgehead atoms. The third-order valence-electron chi connectivity index (χ3n) is 4.69. The number of carboxylic acids is 1. The maximum atomic E-state index is 13.3. The van der Waals surface area contributed by atoms with Gasteiger partial charge in [0.15, 0.2) is 6.10 Å². The molecule has 1 heterocycles. The lowest BCUT2D eigenvalue weighted by Crippen LogP contribution is -2.29. The lowest BCUT2D eigenvalue weighted by Gasteiger charge is -2.21. The molecular weight excluding hydrogens is 532 g/mol. The number of rotatable bonds is 6. The highest BCUT2D eigenvalue weighted by Crippen LogP contribution is 2.34. The van der Waals surface area contributed by atoms with Gasteiger partial charge in [0, 0.05) is 26.5 Å². The number of hydrogen-bond donors (Lipinski definition) is 1. The van der Waals surface area contributed by atoms with Gasteiger partial charge in [0.25, 0.3) is 5.56 Å². The maximum Gasteiger partial charge on any atom is 0.344 e. The van der Waals surface area contributed by atoms with Gasteiger partial charge in [-0.1, -0.05) is 48.3 Å². The van der Waals surface area contributed by atoms with Crippen LogP contribution in [0.1, 0.15) is 39.1 Å². The third-order valence-corrected chi connectivity index (χ3v) is 5.40. The average Bonchev–Trinajstić information content (AvgIpc) is 2.73. The van der Waals surface area contributed by atoms with Gasteiger partial charge in [-0.2, -0.15) is 9.78 Å². The molecule has 0 unspecified atom stereocenters. The van der Waals surface area contributed by atoms with Gasteiger partial charge < -0.3 is 9.84 Å².